The minimum Gasteiger partial charge on any atom is -0.495 e. The zero-order valence-electron chi connectivity index (χ0n) is 26.4. The Balaban J connectivity index is 1.37. The van der Waals surface area contributed by atoms with E-state index in [2.05, 4.69) is 16.7 Å². The van der Waals surface area contributed by atoms with Gasteiger partial charge in [0.05, 0.1) is 30.8 Å². The molecule has 3 N–H and O–H groups in total. The third-order valence-electron chi connectivity index (χ3n) is 7.83. The molecule has 12 heteroatoms. The largest absolute Gasteiger partial charge is 0.495 e. The second kappa shape index (κ2) is 15.1. The Morgan fingerprint density at radius 1 is 0.956 bits per heavy atom. The van der Waals surface area contributed by atoms with E-state index in [0.717, 1.165) is 51.0 Å². The summed E-state index contributed by atoms with van der Waals surface area (Å²) in [7, 11) is 1.14. The zero-order valence-corrected chi connectivity index (χ0v) is 27.2. The molecule has 0 aliphatic carbocycles. The third kappa shape index (κ3) is 8.67. The van der Waals surface area contributed by atoms with Crippen LogP contribution in [0.25, 0.3) is 0 Å². The number of ether oxygens (including phenoxy) is 2. The number of sulfonamides is 1. The van der Waals surface area contributed by atoms with Crippen LogP contribution >= 0.6 is 0 Å². The SMILES string of the molecule is COc1cc(C(=O)N(C)c2ccc(C)cc2OCCCCCC(=O)N2CCN(C)CC2)ccc1NS(=O)(=O)c1ccccc1N. The molecule has 45 heavy (non-hydrogen) atoms. The quantitative estimate of drug-likeness (QED) is 0.208. The summed E-state index contributed by atoms with van der Waals surface area (Å²) < 4.78 is 40.0. The van der Waals surface area contributed by atoms with Crippen molar-refractivity contribution in [3.63, 3.8) is 0 Å². The molecule has 242 valence electrons. The maximum absolute atomic E-state index is 13.6. The van der Waals surface area contributed by atoms with Crippen LogP contribution in [0.3, 0.4) is 0 Å². The molecule has 11 nitrogen and oxygen atoms in total. The lowest BCUT2D eigenvalue weighted by atomic mass is 10.1. The molecule has 1 aliphatic heterocycles. The van der Waals surface area contributed by atoms with E-state index in [1.54, 1.807) is 19.2 Å². The number of likely N-dealkylation sites (N-methyl/N-ethyl adjacent to an activating group) is 1. The highest BCUT2D eigenvalue weighted by Gasteiger charge is 2.23. The van der Waals surface area contributed by atoms with Gasteiger partial charge in [-0.25, -0.2) is 8.42 Å². The van der Waals surface area contributed by atoms with Crippen molar-refractivity contribution in [1.29, 1.82) is 0 Å². The molecule has 4 rings (SSSR count). The van der Waals surface area contributed by atoms with Gasteiger partial charge in [-0.05, 0) is 81.3 Å². The van der Waals surface area contributed by atoms with Crippen LogP contribution in [0.5, 0.6) is 11.5 Å². The molecule has 0 radical (unpaired) electrons. The average Bonchev–Trinajstić information content (AvgIpc) is 3.02. The number of para-hydroxylation sites is 1. The zero-order chi connectivity index (χ0) is 32.6. The number of amides is 2. The standard InChI is InChI=1S/C33H43N5O6S/c1-24-13-16-28(30(22-24)44-21-9-5-6-12-32(39)38-19-17-36(2)18-20-38)37(3)33(40)25-14-15-27(29(23-25)43-4)35-45(41,42)31-11-8-7-10-26(31)34/h7-8,10-11,13-16,22-23,35H,5-6,9,12,17-21,34H2,1-4H3. The highest BCUT2D eigenvalue weighted by atomic mass is 32.2. The van der Waals surface area contributed by atoms with Crippen molar-refractivity contribution in [3.8, 4) is 11.5 Å². The maximum Gasteiger partial charge on any atom is 0.264 e. The van der Waals surface area contributed by atoms with Crippen molar-refractivity contribution in [2.45, 2.75) is 37.5 Å². The van der Waals surface area contributed by atoms with Crippen LogP contribution in [0, 0.1) is 6.92 Å². The number of aryl methyl sites for hydroxylation is 1. The predicted octanol–water partition coefficient (Wildman–Crippen LogP) is 4.38. The highest BCUT2D eigenvalue weighted by Crippen LogP contribution is 2.33. The van der Waals surface area contributed by atoms with Gasteiger partial charge < -0.3 is 29.9 Å². The molecule has 1 fully saturated rings. The van der Waals surface area contributed by atoms with Crippen molar-refractivity contribution in [1.82, 2.24) is 9.80 Å². The second-order valence-corrected chi connectivity index (χ2v) is 12.9. The Morgan fingerprint density at radius 2 is 1.69 bits per heavy atom. The Morgan fingerprint density at radius 3 is 2.40 bits per heavy atom. The molecule has 0 unspecified atom stereocenters. The van der Waals surface area contributed by atoms with Crippen LogP contribution in [-0.4, -0.2) is 84.0 Å². The summed E-state index contributed by atoms with van der Waals surface area (Å²) in [4.78, 5) is 31.7. The lowest BCUT2D eigenvalue weighted by Crippen LogP contribution is -2.47. The summed E-state index contributed by atoms with van der Waals surface area (Å²) >= 11 is 0. The minimum atomic E-state index is -3.99. The van der Waals surface area contributed by atoms with Gasteiger partial charge in [0.1, 0.15) is 16.4 Å². The maximum atomic E-state index is 13.6. The van der Waals surface area contributed by atoms with Crippen molar-refractivity contribution >= 4 is 38.9 Å². The van der Waals surface area contributed by atoms with Gasteiger partial charge in [-0.3, -0.25) is 14.3 Å². The second-order valence-electron chi connectivity index (χ2n) is 11.2. The number of piperazine rings is 1. The number of nitrogens with one attached hydrogen (secondary N) is 1. The molecule has 1 heterocycles. The summed E-state index contributed by atoms with van der Waals surface area (Å²) in [5.41, 5.74) is 8.04. The minimum absolute atomic E-state index is 0.0574. The molecule has 1 aliphatic rings. The number of carbonyl (C=O) groups is 2. The number of hydrogen-bond acceptors (Lipinski definition) is 8. The molecule has 2 amide bonds. The Bertz CT molecular complexity index is 1600. The number of anilines is 3. The lowest BCUT2D eigenvalue weighted by Gasteiger charge is -2.32. The number of carbonyl (C=O) groups excluding carboxylic acids is 2. The molecular formula is C33H43N5O6S. The van der Waals surface area contributed by atoms with E-state index < -0.39 is 10.0 Å². The van der Waals surface area contributed by atoms with Gasteiger partial charge in [-0.2, -0.15) is 0 Å². The Hall–Kier alpha value is -4.29. The van der Waals surface area contributed by atoms with Gasteiger partial charge in [-0.15, -0.1) is 0 Å². The fourth-order valence-electron chi connectivity index (χ4n) is 5.10. The van der Waals surface area contributed by atoms with E-state index in [4.69, 9.17) is 15.2 Å². The van der Waals surface area contributed by atoms with Crippen molar-refractivity contribution < 1.29 is 27.5 Å². The summed E-state index contributed by atoms with van der Waals surface area (Å²) in [5, 5.41) is 0. The van der Waals surface area contributed by atoms with Crippen molar-refractivity contribution in [3.05, 3.63) is 71.8 Å². The first-order valence-electron chi connectivity index (χ1n) is 15.0. The number of benzene rings is 3. The molecule has 0 atom stereocenters. The van der Waals surface area contributed by atoms with E-state index >= 15 is 0 Å². The first kappa shape index (κ1) is 33.6. The van der Waals surface area contributed by atoms with Crippen LogP contribution in [0.2, 0.25) is 0 Å². The molecule has 3 aromatic carbocycles. The summed E-state index contributed by atoms with van der Waals surface area (Å²) in [6, 6.07) is 16.3. The molecule has 1 saturated heterocycles. The Labute approximate surface area is 265 Å². The normalized spacial score (nSPS) is 13.7. The number of hydrogen-bond donors (Lipinski definition) is 2. The first-order valence-corrected chi connectivity index (χ1v) is 16.5. The number of rotatable bonds is 13. The molecule has 0 bridgehead atoms. The fourth-order valence-corrected chi connectivity index (χ4v) is 6.31. The van der Waals surface area contributed by atoms with E-state index in [1.807, 2.05) is 30.0 Å². The van der Waals surface area contributed by atoms with E-state index in [0.29, 0.717) is 30.0 Å². The lowest BCUT2D eigenvalue weighted by molar-refractivity contribution is -0.132. The fraction of sp³-hybridized carbons (Fsp3) is 0.394. The van der Waals surface area contributed by atoms with Gasteiger partial charge in [0.25, 0.3) is 15.9 Å². The van der Waals surface area contributed by atoms with Gasteiger partial charge >= 0.3 is 0 Å². The van der Waals surface area contributed by atoms with Gasteiger partial charge in [0.15, 0.2) is 0 Å². The van der Waals surface area contributed by atoms with Crippen LogP contribution < -0.4 is 24.8 Å². The molecule has 3 aromatic rings. The Kier molecular flexibility index (Phi) is 11.3. The average molecular weight is 638 g/mol. The van der Waals surface area contributed by atoms with Crippen LogP contribution in [-0.2, 0) is 14.8 Å². The van der Waals surface area contributed by atoms with Crippen molar-refractivity contribution in [2.24, 2.45) is 0 Å². The number of unbranched alkanes of at least 4 members (excludes halogenated alkanes) is 2. The summed E-state index contributed by atoms with van der Waals surface area (Å²) in [6.45, 7) is 5.83. The monoisotopic (exact) mass is 637 g/mol. The van der Waals surface area contributed by atoms with Gasteiger partial charge in [-0.1, -0.05) is 18.2 Å². The number of methoxy groups -OCH3 is 1. The predicted molar refractivity (Wildman–Crippen MR) is 177 cm³/mol. The topological polar surface area (TPSA) is 135 Å². The number of nitrogen functional groups attached to an aromatic ring is 1. The van der Waals surface area contributed by atoms with Crippen LogP contribution in [0.15, 0.2) is 65.6 Å². The summed E-state index contributed by atoms with van der Waals surface area (Å²) in [5.74, 6) is 0.647. The number of nitrogens with zero attached hydrogens (tertiary/aromatic N) is 3. The molecule has 0 saturated carbocycles. The molecular weight excluding hydrogens is 594 g/mol. The molecule has 0 aromatic heterocycles. The van der Waals surface area contributed by atoms with Crippen LogP contribution in [0.4, 0.5) is 17.1 Å². The molecule has 0 spiro atoms. The van der Waals surface area contributed by atoms with E-state index in [-0.39, 0.29) is 33.8 Å². The van der Waals surface area contributed by atoms with Crippen LogP contribution in [0.1, 0.15) is 41.6 Å². The number of nitrogens with two attached hydrogens (primary N) is 1. The third-order valence-corrected chi connectivity index (χ3v) is 9.27. The van der Waals surface area contributed by atoms with Gasteiger partial charge in [0, 0.05) is 45.2 Å². The first-order chi connectivity index (χ1) is 21.5. The van der Waals surface area contributed by atoms with E-state index in [9.17, 15) is 18.0 Å². The highest BCUT2D eigenvalue weighted by molar-refractivity contribution is 7.92. The van der Waals surface area contributed by atoms with E-state index in [1.165, 1.54) is 42.3 Å². The van der Waals surface area contributed by atoms with Crippen molar-refractivity contribution in [2.75, 3.05) is 69.3 Å². The summed E-state index contributed by atoms with van der Waals surface area (Å²) in [6.07, 6.45) is 2.99. The smallest absolute Gasteiger partial charge is 0.264 e. The van der Waals surface area contributed by atoms with Gasteiger partial charge in [0.2, 0.25) is 5.91 Å².